The highest BCUT2D eigenvalue weighted by molar-refractivity contribution is 7.17. The lowest BCUT2D eigenvalue weighted by Gasteiger charge is -2.17. The summed E-state index contributed by atoms with van der Waals surface area (Å²) < 4.78 is 2.07. The Morgan fingerprint density at radius 2 is 1.83 bits per heavy atom. The average Bonchev–Trinajstić information content (AvgIpc) is 3.41. The second-order valence-electron chi connectivity index (χ2n) is 6.84. The smallest absolute Gasteiger partial charge is 0.266 e. The van der Waals surface area contributed by atoms with E-state index in [1.54, 1.807) is 36.6 Å². The van der Waals surface area contributed by atoms with Crippen molar-refractivity contribution in [2.75, 3.05) is 7.05 Å². The molecule has 3 heterocycles. The van der Waals surface area contributed by atoms with Crippen molar-refractivity contribution in [1.29, 1.82) is 0 Å². The molecular weight excluding hydrogens is 396 g/mol. The number of benzene rings is 1. The van der Waals surface area contributed by atoms with Gasteiger partial charge in [-0.05, 0) is 18.1 Å². The Hall–Kier alpha value is -3.39. The number of nitrogens with zero attached hydrogens (tertiary/aromatic N) is 6. The number of carbonyl (C=O) groups is 1. The molecule has 4 rings (SSSR count). The zero-order valence-electron chi connectivity index (χ0n) is 16.9. The fourth-order valence-electron chi connectivity index (χ4n) is 3.14. The molecule has 0 spiro atoms. The number of aromatic nitrogens is 5. The monoisotopic (exact) mass is 418 g/mol. The van der Waals surface area contributed by atoms with Crippen molar-refractivity contribution >= 4 is 17.2 Å². The van der Waals surface area contributed by atoms with E-state index in [0.29, 0.717) is 35.2 Å². The van der Waals surface area contributed by atoms with Crippen LogP contribution in [0.25, 0.3) is 10.8 Å². The molecule has 0 aliphatic heterocycles. The molecule has 0 N–H and O–H groups in total. The topological polar surface area (TPSA) is 76.8 Å². The molecule has 8 heteroatoms. The van der Waals surface area contributed by atoms with Gasteiger partial charge in [-0.1, -0.05) is 37.3 Å². The quantitative estimate of drug-likeness (QED) is 0.458. The van der Waals surface area contributed by atoms with Crippen molar-refractivity contribution in [1.82, 2.24) is 29.4 Å². The highest BCUT2D eigenvalue weighted by atomic mass is 32.1. The molecule has 0 atom stereocenters. The Morgan fingerprint density at radius 1 is 1.07 bits per heavy atom. The first kappa shape index (κ1) is 19.9. The fraction of sp³-hybridized carbons (Fsp3) is 0.227. The van der Waals surface area contributed by atoms with Crippen LogP contribution in [0.5, 0.6) is 0 Å². The van der Waals surface area contributed by atoms with Gasteiger partial charge in [0.05, 0.1) is 12.2 Å². The number of carbonyl (C=O) groups excluding carboxylic acids is 1. The van der Waals surface area contributed by atoms with Crippen LogP contribution in [0.15, 0.2) is 61.2 Å². The van der Waals surface area contributed by atoms with Gasteiger partial charge < -0.3 is 9.47 Å². The second-order valence-corrected chi connectivity index (χ2v) is 7.84. The number of hydrogen-bond donors (Lipinski definition) is 0. The van der Waals surface area contributed by atoms with E-state index in [0.717, 1.165) is 11.5 Å². The molecule has 0 aliphatic carbocycles. The van der Waals surface area contributed by atoms with Crippen LogP contribution in [-0.2, 0) is 19.5 Å². The molecule has 1 aromatic carbocycles. The second kappa shape index (κ2) is 8.96. The molecule has 7 nitrogen and oxygen atoms in total. The summed E-state index contributed by atoms with van der Waals surface area (Å²) in [6.45, 7) is 3.12. The molecule has 152 valence electrons. The Balaban J connectivity index is 1.52. The highest BCUT2D eigenvalue weighted by Gasteiger charge is 2.22. The summed E-state index contributed by atoms with van der Waals surface area (Å²) in [5.74, 6) is 1.31. The van der Waals surface area contributed by atoms with Gasteiger partial charge in [-0.25, -0.2) is 19.9 Å². The first-order valence-corrected chi connectivity index (χ1v) is 10.5. The van der Waals surface area contributed by atoms with E-state index in [9.17, 15) is 4.79 Å². The summed E-state index contributed by atoms with van der Waals surface area (Å²) in [5, 5.41) is 0.662. The number of imidazole rings is 1. The van der Waals surface area contributed by atoms with Crippen LogP contribution < -0.4 is 0 Å². The van der Waals surface area contributed by atoms with Crippen LogP contribution in [0.4, 0.5) is 0 Å². The predicted octanol–water partition coefficient (Wildman–Crippen LogP) is 3.68. The molecular formula is C22H22N6OS. The van der Waals surface area contributed by atoms with Crippen molar-refractivity contribution in [2.24, 2.45) is 0 Å². The highest BCUT2D eigenvalue weighted by Crippen LogP contribution is 2.27. The van der Waals surface area contributed by atoms with E-state index >= 15 is 0 Å². The Morgan fingerprint density at radius 3 is 2.57 bits per heavy atom. The van der Waals surface area contributed by atoms with Gasteiger partial charge in [-0.3, -0.25) is 4.79 Å². The van der Waals surface area contributed by atoms with Crippen LogP contribution in [0, 0.1) is 0 Å². The number of hydrogen-bond acceptors (Lipinski definition) is 6. The first-order chi connectivity index (χ1) is 14.7. The summed E-state index contributed by atoms with van der Waals surface area (Å²) in [7, 11) is 1.79. The van der Waals surface area contributed by atoms with Crippen LogP contribution in [0.1, 0.15) is 33.7 Å². The van der Waals surface area contributed by atoms with Crippen molar-refractivity contribution < 1.29 is 4.79 Å². The third-order valence-electron chi connectivity index (χ3n) is 4.71. The molecule has 0 unspecified atom stereocenters. The Bertz CT molecular complexity index is 1120. The predicted molar refractivity (Wildman–Crippen MR) is 116 cm³/mol. The van der Waals surface area contributed by atoms with E-state index in [1.165, 1.54) is 16.9 Å². The molecule has 0 bridgehead atoms. The normalized spacial score (nSPS) is 10.9. The third kappa shape index (κ3) is 4.28. The summed E-state index contributed by atoms with van der Waals surface area (Å²) in [4.78, 5) is 33.1. The Kier molecular flexibility index (Phi) is 5.94. The van der Waals surface area contributed by atoms with Gasteiger partial charge in [-0.15, -0.1) is 11.3 Å². The number of thiazole rings is 1. The van der Waals surface area contributed by atoms with E-state index in [1.807, 2.05) is 31.3 Å². The minimum absolute atomic E-state index is 0.0687. The van der Waals surface area contributed by atoms with E-state index in [-0.39, 0.29) is 5.91 Å². The van der Waals surface area contributed by atoms with Crippen molar-refractivity contribution in [3.8, 4) is 10.8 Å². The van der Waals surface area contributed by atoms with Crippen molar-refractivity contribution in [3.63, 3.8) is 0 Å². The van der Waals surface area contributed by atoms with E-state index in [4.69, 9.17) is 0 Å². The van der Waals surface area contributed by atoms with Gasteiger partial charge in [0, 0.05) is 38.4 Å². The van der Waals surface area contributed by atoms with Crippen molar-refractivity contribution in [3.05, 3.63) is 83.1 Å². The van der Waals surface area contributed by atoms with Crippen LogP contribution >= 0.6 is 11.3 Å². The molecule has 0 radical (unpaired) electrons. The molecule has 0 saturated heterocycles. The van der Waals surface area contributed by atoms with E-state index < -0.39 is 0 Å². The van der Waals surface area contributed by atoms with Gasteiger partial charge in [0.15, 0.2) is 10.8 Å². The average molecular weight is 419 g/mol. The number of amides is 1. The van der Waals surface area contributed by atoms with E-state index in [2.05, 4.69) is 36.6 Å². The number of rotatable bonds is 7. The largest absolute Gasteiger partial charge is 0.333 e. The Labute approximate surface area is 179 Å². The SMILES string of the molecule is CCc1nc(-c2ncccn2)sc1C(=O)N(C)Cc1nccn1Cc1ccccc1. The summed E-state index contributed by atoms with van der Waals surface area (Å²) >= 11 is 1.34. The van der Waals surface area contributed by atoms with Gasteiger partial charge in [0.2, 0.25) is 0 Å². The van der Waals surface area contributed by atoms with Crippen LogP contribution in [0.3, 0.4) is 0 Å². The van der Waals surface area contributed by atoms with Gasteiger partial charge in [0.1, 0.15) is 10.7 Å². The maximum Gasteiger partial charge on any atom is 0.266 e. The van der Waals surface area contributed by atoms with Crippen LogP contribution in [0.2, 0.25) is 0 Å². The maximum absolute atomic E-state index is 13.2. The fourth-order valence-corrected chi connectivity index (χ4v) is 4.23. The lowest BCUT2D eigenvalue weighted by atomic mass is 10.2. The zero-order valence-corrected chi connectivity index (χ0v) is 17.7. The number of aryl methyl sites for hydroxylation is 1. The molecule has 4 aromatic rings. The minimum Gasteiger partial charge on any atom is -0.333 e. The summed E-state index contributed by atoms with van der Waals surface area (Å²) in [6.07, 6.45) is 7.73. The first-order valence-electron chi connectivity index (χ1n) is 9.72. The minimum atomic E-state index is -0.0687. The molecule has 0 saturated carbocycles. The molecule has 30 heavy (non-hydrogen) atoms. The van der Waals surface area contributed by atoms with Gasteiger partial charge in [0.25, 0.3) is 5.91 Å². The third-order valence-corrected chi connectivity index (χ3v) is 5.79. The van der Waals surface area contributed by atoms with Crippen molar-refractivity contribution in [2.45, 2.75) is 26.4 Å². The van der Waals surface area contributed by atoms with Gasteiger partial charge in [-0.2, -0.15) is 0 Å². The molecule has 0 aliphatic rings. The summed E-state index contributed by atoms with van der Waals surface area (Å²) in [5.41, 5.74) is 1.96. The molecule has 0 fully saturated rings. The maximum atomic E-state index is 13.2. The van der Waals surface area contributed by atoms with Crippen LogP contribution in [-0.4, -0.2) is 42.4 Å². The molecule has 1 amide bonds. The zero-order chi connectivity index (χ0) is 20.9. The standard InChI is InChI=1S/C22H22N6OS/c1-3-17-19(30-21(26-17)20-24-10-7-11-25-20)22(29)27(2)15-18-23-12-13-28(18)14-16-8-5-4-6-9-16/h4-13H,3,14-15H2,1-2H3. The van der Waals surface area contributed by atoms with Gasteiger partial charge >= 0.3 is 0 Å². The lowest BCUT2D eigenvalue weighted by molar-refractivity contribution is 0.0784. The lowest BCUT2D eigenvalue weighted by Crippen LogP contribution is -2.28. The summed E-state index contributed by atoms with van der Waals surface area (Å²) in [6, 6.07) is 12.0. The molecule has 3 aromatic heterocycles.